The number of nitro groups is 1. The van der Waals surface area contributed by atoms with Crippen LogP contribution in [0.4, 0.5) is 10.5 Å². The first-order chi connectivity index (χ1) is 12.3. The number of furan rings is 1. The molecule has 0 radical (unpaired) electrons. The van der Waals surface area contributed by atoms with Gasteiger partial charge in [-0.3, -0.25) is 30.3 Å². The van der Waals surface area contributed by atoms with Gasteiger partial charge >= 0.3 is 6.03 Å². The summed E-state index contributed by atoms with van der Waals surface area (Å²) in [7, 11) is 0. The summed E-state index contributed by atoms with van der Waals surface area (Å²) in [5.41, 5.74) is 1.50. The van der Waals surface area contributed by atoms with Crippen LogP contribution in [0.2, 0.25) is 0 Å². The zero-order valence-electron chi connectivity index (χ0n) is 13.8. The molecule has 2 N–H and O–H groups in total. The molecule has 132 valence electrons. The number of urea groups is 1. The van der Waals surface area contributed by atoms with E-state index in [-0.39, 0.29) is 28.3 Å². The fraction of sp³-hybridized carbons (Fsp3) is 0.118. The molecule has 1 aliphatic rings. The summed E-state index contributed by atoms with van der Waals surface area (Å²) in [5, 5.41) is 15.2. The Kier molecular flexibility index (Phi) is 4.13. The highest BCUT2D eigenvalue weighted by Crippen LogP contribution is 2.34. The van der Waals surface area contributed by atoms with Crippen LogP contribution in [0.3, 0.4) is 0 Å². The molecule has 4 amide bonds. The molecule has 0 atom stereocenters. The number of hydrogen-bond donors (Lipinski definition) is 2. The Bertz CT molecular complexity index is 980. The number of barbiturate groups is 1. The third-order valence-corrected chi connectivity index (χ3v) is 3.93. The summed E-state index contributed by atoms with van der Waals surface area (Å²) < 4.78 is 5.56. The van der Waals surface area contributed by atoms with Crippen LogP contribution < -0.4 is 10.6 Å². The fourth-order valence-electron chi connectivity index (χ4n) is 2.47. The van der Waals surface area contributed by atoms with Gasteiger partial charge in [-0.05, 0) is 49.2 Å². The number of hydrogen-bond acceptors (Lipinski definition) is 6. The molecule has 9 nitrogen and oxygen atoms in total. The van der Waals surface area contributed by atoms with Crippen molar-refractivity contribution >= 4 is 29.6 Å². The number of nitro benzene ring substituents is 1. The molecular weight excluding hydrogens is 342 g/mol. The number of rotatable bonds is 3. The molecule has 2 heterocycles. The largest absolute Gasteiger partial charge is 0.456 e. The molecule has 2 aromatic rings. The van der Waals surface area contributed by atoms with Gasteiger partial charge in [0.1, 0.15) is 17.1 Å². The summed E-state index contributed by atoms with van der Waals surface area (Å²) in [4.78, 5) is 45.3. The number of nitrogens with zero attached hydrogens (tertiary/aromatic N) is 1. The normalized spacial score (nSPS) is 14.1. The van der Waals surface area contributed by atoms with Gasteiger partial charge in [0.25, 0.3) is 17.5 Å². The molecule has 9 heteroatoms. The molecule has 26 heavy (non-hydrogen) atoms. The number of nitrogens with one attached hydrogen (secondary N) is 2. The van der Waals surface area contributed by atoms with Gasteiger partial charge in [0.15, 0.2) is 0 Å². The summed E-state index contributed by atoms with van der Waals surface area (Å²) in [6, 6.07) is 5.18. The van der Waals surface area contributed by atoms with Crippen LogP contribution in [0.25, 0.3) is 17.4 Å². The third-order valence-electron chi connectivity index (χ3n) is 3.93. The van der Waals surface area contributed by atoms with Crippen molar-refractivity contribution in [3.8, 4) is 11.3 Å². The molecule has 1 fully saturated rings. The second-order valence-electron chi connectivity index (χ2n) is 5.71. The highest BCUT2D eigenvalue weighted by molar-refractivity contribution is 6.31. The van der Waals surface area contributed by atoms with Crippen molar-refractivity contribution in [2.45, 2.75) is 13.8 Å². The third kappa shape index (κ3) is 3.09. The average Bonchev–Trinajstić information content (AvgIpc) is 3.01. The maximum Gasteiger partial charge on any atom is 0.328 e. The maximum absolute atomic E-state index is 11.7. The van der Waals surface area contributed by atoms with Crippen LogP contribution in [-0.2, 0) is 9.59 Å². The van der Waals surface area contributed by atoms with Crippen LogP contribution in [-0.4, -0.2) is 22.8 Å². The van der Waals surface area contributed by atoms with E-state index in [1.165, 1.54) is 18.2 Å². The molecule has 0 saturated carbocycles. The van der Waals surface area contributed by atoms with E-state index < -0.39 is 22.8 Å². The SMILES string of the molecule is Cc1cc(-c2ccc(C=C3C(=O)NC(=O)NC3=O)o2)c([N+](=O)[O-])cc1C. The molecule has 1 saturated heterocycles. The quantitative estimate of drug-likeness (QED) is 0.375. The molecule has 1 aromatic carbocycles. The second kappa shape index (κ2) is 6.28. The van der Waals surface area contributed by atoms with E-state index in [1.54, 1.807) is 13.0 Å². The summed E-state index contributed by atoms with van der Waals surface area (Å²) in [5.74, 6) is -1.34. The summed E-state index contributed by atoms with van der Waals surface area (Å²) in [6.45, 7) is 3.59. The molecule has 0 spiro atoms. The van der Waals surface area contributed by atoms with Crippen LogP contribution in [0.15, 0.2) is 34.3 Å². The zero-order chi connectivity index (χ0) is 19.0. The second-order valence-corrected chi connectivity index (χ2v) is 5.71. The number of carbonyl (C=O) groups excluding carboxylic acids is 3. The van der Waals surface area contributed by atoms with Crippen LogP contribution in [0.1, 0.15) is 16.9 Å². The van der Waals surface area contributed by atoms with Gasteiger partial charge in [-0.15, -0.1) is 0 Å². The lowest BCUT2D eigenvalue weighted by Gasteiger charge is -2.13. The van der Waals surface area contributed by atoms with E-state index in [0.29, 0.717) is 0 Å². The smallest absolute Gasteiger partial charge is 0.328 e. The number of carbonyl (C=O) groups is 3. The fourth-order valence-corrected chi connectivity index (χ4v) is 2.47. The van der Waals surface area contributed by atoms with Gasteiger partial charge in [-0.1, -0.05) is 0 Å². The summed E-state index contributed by atoms with van der Waals surface area (Å²) in [6.07, 6.45) is 1.16. The Morgan fingerprint density at radius 3 is 2.27 bits per heavy atom. The number of imide groups is 2. The highest BCUT2D eigenvalue weighted by Gasteiger charge is 2.28. The minimum absolute atomic E-state index is 0.111. The van der Waals surface area contributed by atoms with Crippen molar-refractivity contribution in [1.29, 1.82) is 0 Å². The van der Waals surface area contributed by atoms with Crippen molar-refractivity contribution in [2.75, 3.05) is 0 Å². The number of amides is 4. The summed E-state index contributed by atoms with van der Waals surface area (Å²) >= 11 is 0. The predicted octanol–water partition coefficient (Wildman–Crippen LogP) is 2.22. The van der Waals surface area contributed by atoms with Crippen molar-refractivity contribution < 1.29 is 23.7 Å². The standard InChI is InChI=1S/C17H13N3O6/c1-8-5-11(13(20(24)25)6-9(8)2)14-4-3-10(26-14)7-12-15(21)18-17(23)19-16(12)22/h3-7H,1-2H3,(H2,18,19,21,22,23). The van der Waals surface area contributed by atoms with E-state index in [9.17, 15) is 24.5 Å². The van der Waals surface area contributed by atoms with E-state index in [1.807, 2.05) is 17.6 Å². The first kappa shape index (κ1) is 17.1. The minimum atomic E-state index is -0.900. The molecule has 0 unspecified atom stereocenters. The van der Waals surface area contributed by atoms with Crippen LogP contribution in [0, 0.1) is 24.0 Å². The van der Waals surface area contributed by atoms with Gasteiger partial charge in [0, 0.05) is 6.07 Å². The Balaban J connectivity index is 2.01. The van der Waals surface area contributed by atoms with Crippen LogP contribution >= 0.6 is 0 Å². The Hall–Kier alpha value is -3.75. The van der Waals surface area contributed by atoms with Crippen molar-refractivity contribution in [2.24, 2.45) is 0 Å². The molecule has 0 aliphatic carbocycles. The van der Waals surface area contributed by atoms with E-state index in [0.717, 1.165) is 17.2 Å². The molecule has 1 aliphatic heterocycles. The highest BCUT2D eigenvalue weighted by atomic mass is 16.6. The maximum atomic E-state index is 11.7. The lowest BCUT2D eigenvalue weighted by atomic mass is 10.0. The molecule has 3 rings (SSSR count). The van der Waals surface area contributed by atoms with Gasteiger partial charge in [-0.25, -0.2) is 4.79 Å². The molecule has 0 bridgehead atoms. The molecular formula is C17H13N3O6. The first-order valence-corrected chi connectivity index (χ1v) is 7.50. The lowest BCUT2D eigenvalue weighted by molar-refractivity contribution is -0.384. The monoisotopic (exact) mass is 355 g/mol. The zero-order valence-corrected chi connectivity index (χ0v) is 13.8. The topological polar surface area (TPSA) is 132 Å². The van der Waals surface area contributed by atoms with E-state index in [4.69, 9.17) is 4.42 Å². The van der Waals surface area contributed by atoms with Gasteiger partial charge < -0.3 is 4.42 Å². The Labute approximate surface area is 146 Å². The predicted molar refractivity (Wildman–Crippen MR) is 89.9 cm³/mol. The Morgan fingerprint density at radius 2 is 1.65 bits per heavy atom. The van der Waals surface area contributed by atoms with E-state index >= 15 is 0 Å². The first-order valence-electron chi connectivity index (χ1n) is 7.50. The van der Waals surface area contributed by atoms with Crippen molar-refractivity contribution in [3.05, 3.63) is 56.8 Å². The van der Waals surface area contributed by atoms with Crippen molar-refractivity contribution in [1.82, 2.24) is 10.6 Å². The number of benzene rings is 1. The van der Waals surface area contributed by atoms with Crippen LogP contribution in [0.5, 0.6) is 0 Å². The molecule has 1 aromatic heterocycles. The minimum Gasteiger partial charge on any atom is -0.456 e. The van der Waals surface area contributed by atoms with Gasteiger partial charge in [-0.2, -0.15) is 0 Å². The average molecular weight is 355 g/mol. The van der Waals surface area contributed by atoms with E-state index in [2.05, 4.69) is 0 Å². The van der Waals surface area contributed by atoms with Gasteiger partial charge in [0.2, 0.25) is 0 Å². The number of aryl methyl sites for hydroxylation is 2. The Morgan fingerprint density at radius 1 is 1.04 bits per heavy atom. The van der Waals surface area contributed by atoms with Crippen molar-refractivity contribution in [3.63, 3.8) is 0 Å². The lowest BCUT2D eigenvalue weighted by Crippen LogP contribution is -2.51. The van der Waals surface area contributed by atoms with Gasteiger partial charge in [0.05, 0.1) is 10.5 Å².